The lowest BCUT2D eigenvalue weighted by Gasteiger charge is -2.15. The van der Waals surface area contributed by atoms with E-state index in [2.05, 4.69) is 5.32 Å². The summed E-state index contributed by atoms with van der Waals surface area (Å²) in [6.07, 6.45) is 1.60. The molecule has 0 aliphatic rings. The van der Waals surface area contributed by atoms with Gasteiger partial charge in [-0.3, -0.25) is 9.00 Å². The standard InChI is InChI=1S/C16H15Cl2NO2S/c1-10(12-5-8-14(17)15(18)9-12)19-16(20)11-3-6-13(7-4-11)22(2)21/h3-10H,1-2H3,(H,19,20). The van der Waals surface area contributed by atoms with E-state index in [-0.39, 0.29) is 11.9 Å². The molecule has 0 saturated heterocycles. The normalized spacial score (nSPS) is 13.5. The van der Waals surface area contributed by atoms with Crippen molar-refractivity contribution in [2.24, 2.45) is 0 Å². The number of carbonyl (C=O) groups excluding carboxylic acids is 1. The fourth-order valence-corrected chi connectivity index (χ4v) is 2.77. The number of carbonyl (C=O) groups is 1. The van der Waals surface area contributed by atoms with Crippen molar-refractivity contribution in [3.63, 3.8) is 0 Å². The van der Waals surface area contributed by atoms with E-state index in [0.717, 1.165) is 5.56 Å². The molecule has 2 rings (SSSR count). The Bertz CT molecular complexity index is 717. The second-order valence-corrected chi connectivity index (χ2v) is 7.04. The van der Waals surface area contributed by atoms with Gasteiger partial charge >= 0.3 is 0 Å². The SMILES string of the molecule is CC(NC(=O)c1ccc(S(C)=O)cc1)c1ccc(Cl)c(Cl)c1. The van der Waals surface area contributed by atoms with Gasteiger partial charge < -0.3 is 5.32 Å². The second kappa shape index (κ2) is 7.27. The number of amides is 1. The van der Waals surface area contributed by atoms with Gasteiger partial charge in [0.15, 0.2) is 0 Å². The summed E-state index contributed by atoms with van der Waals surface area (Å²) in [4.78, 5) is 12.9. The monoisotopic (exact) mass is 355 g/mol. The number of nitrogens with one attached hydrogen (secondary N) is 1. The van der Waals surface area contributed by atoms with E-state index in [1.54, 1.807) is 42.7 Å². The van der Waals surface area contributed by atoms with Crippen LogP contribution in [0.5, 0.6) is 0 Å². The summed E-state index contributed by atoms with van der Waals surface area (Å²) in [5, 5.41) is 3.82. The maximum absolute atomic E-state index is 12.2. The van der Waals surface area contributed by atoms with Gasteiger partial charge in [-0.1, -0.05) is 29.3 Å². The Morgan fingerprint density at radius 2 is 1.73 bits per heavy atom. The predicted octanol–water partition coefficient (Wildman–Crippen LogP) is 4.22. The first-order valence-corrected chi connectivity index (χ1v) is 8.89. The van der Waals surface area contributed by atoms with E-state index in [0.29, 0.717) is 20.5 Å². The van der Waals surface area contributed by atoms with Crippen LogP contribution in [0.1, 0.15) is 28.9 Å². The molecule has 22 heavy (non-hydrogen) atoms. The zero-order valence-corrected chi connectivity index (χ0v) is 14.4. The molecule has 0 fully saturated rings. The van der Waals surface area contributed by atoms with Crippen molar-refractivity contribution in [1.29, 1.82) is 0 Å². The summed E-state index contributed by atoms with van der Waals surface area (Å²) in [5.74, 6) is -0.202. The van der Waals surface area contributed by atoms with E-state index in [1.807, 2.05) is 13.0 Å². The lowest BCUT2D eigenvalue weighted by molar-refractivity contribution is 0.0940. The molecule has 0 spiro atoms. The third kappa shape index (κ3) is 4.09. The molecule has 6 heteroatoms. The number of rotatable bonds is 4. The fraction of sp³-hybridized carbons (Fsp3) is 0.188. The van der Waals surface area contributed by atoms with Crippen LogP contribution in [0.3, 0.4) is 0 Å². The van der Waals surface area contributed by atoms with E-state index in [1.165, 1.54) is 0 Å². The molecule has 2 aromatic carbocycles. The van der Waals surface area contributed by atoms with Crippen molar-refractivity contribution in [2.45, 2.75) is 17.9 Å². The van der Waals surface area contributed by atoms with Gasteiger partial charge in [-0.25, -0.2) is 0 Å². The summed E-state index contributed by atoms with van der Waals surface area (Å²) in [6, 6.07) is 11.8. The van der Waals surface area contributed by atoms with E-state index >= 15 is 0 Å². The highest BCUT2D eigenvalue weighted by atomic mass is 35.5. The first-order chi connectivity index (χ1) is 10.4. The van der Waals surface area contributed by atoms with E-state index in [9.17, 15) is 9.00 Å². The van der Waals surface area contributed by atoms with Gasteiger partial charge in [0.05, 0.1) is 16.1 Å². The molecule has 0 radical (unpaired) electrons. The van der Waals surface area contributed by atoms with Gasteiger partial charge in [0.2, 0.25) is 0 Å². The molecule has 1 N–H and O–H groups in total. The van der Waals surface area contributed by atoms with Gasteiger partial charge in [-0.2, -0.15) is 0 Å². The zero-order chi connectivity index (χ0) is 16.3. The fourth-order valence-electron chi connectivity index (χ4n) is 1.94. The van der Waals surface area contributed by atoms with Crippen LogP contribution in [-0.4, -0.2) is 16.4 Å². The molecule has 2 aromatic rings. The minimum Gasteiger partial charge on any atom is -0.346 e. The molecule has 0 aliphatic carbocycles. The van der Waals surface area contributed by atoms with E-state index < -0.39 is 10.8 Å². The van der Waals surface area contributed by atoms with Gasteiger partial charge in [0, 0.05) is 27.5 Å². The molecule has 2 atom stereocenters. The van der Waals surface area contributed by atoms with Crippen molar-refractivity contribution in [1.82, 2.24) is 5.32 Å². The second-order valence-electron chi connectivity index (χ2n) is 4.85. The van der Waals surface area contributed by atoms with Crippen molar-refractivity contribution in [3.8, 4) is 0 Å². The maximum Gasteiger partial charge on any atom is 0.251 e. The minimum absolute atomic E-state index is 0.202. The molecule has 116 valence electrons. The van der Waals surface area contributed by atoms with Crippen molar-refractivity contribution < 1.29 is 9.00 Å². The van der Waals surface area contributed by atoms with E-state index in [4.69, 9.17) is 23.2 Å². The lowest BCUT2D eigenvalue weighted by atomic mass is 10.1. The van der Waals surface area contributed by atoms with Crippen LogP contribution in [0.4, 0.5) is 0 Å². The first-order valence-electron chi connectivity index (χ1n) is 6.58. The number of halogens is 2. The molecular weight excluding hydrogens is 341 g/mol. The third-order valence-corrected chi connectivity index (χ3v) is 4.91. The average molecular weight is 356 g/mol. The topological polar surface area (TPSA) is 46.2 Å². The van der Waals surface area contributed by atoms with Gasteiger partial charge in [-0.15, -0.1) is 0 Å². The Labute approximate surface area is 142 Å². The van der Waals surface area contributed by atoms with Crippen LogP contribution in [0.2, 0.25) is 10.0 Å². The smallest absolute Gasteiger partial charge is 0.251 e. The summed E-state index contributed by atoms with van der Waals surface area (Å²) >= 11 is 11.9. The summed E-state index contributed by atoms with van der Waals surface area (Å²) in [6.45, 7) is 1.87. The molecule has 2 unspecified atom stereocenters. The Hall–Kier alpha value is -1.36. The molecule has 0 saturated carbocycles. The Balaban J connectivity index is 2.10. The number of benzene rings is 2. The van der Waals surface area contributed by atoms with Crippen LogP contribution >= 0.6 is 23.2 Å². The average Bonchev–Trinajstić information content (AvgIpc) is 2.50. The number of hydrogen-bond acceptors (Lipinski definition) is 2. The van der Waals surface area contributed by atoms with Crippen molar-refractivity contribution >= 4 is 39.9 Å². The third-order valence-electron chi connectivity index (χ3n) is 3.24. The highest BCUT2D eigenvalue weighted by Gasteiger charge is 2.13. The summed E-state index contributed by atoms with van der Waals surface area (Å²) in [7, 11) is -1.05. The molecule has 0 aromatic heterocycles. The minimum atomic E-state index is -1.05. The highest BCUT2D eigenvalue weighted by Crippen LogP contribution is 2.25. The lowest BCUT2D eigenvalue weighted by Crippen LogP contribution is -2.26. The predicted molar refractivity (Wildman–Crippen MR) is 91.1 cm³/mol. The Kier molecular flexibility index (Phi) is 5.62. The van der Waals surface area contributed by atoms with Crippen LogP contribution in [-0.2, 0) is 10.8 Å². The van der Waals surface area contributed by atoms with Crippen LogP contribution < -0.4 is 5.32 Å². The molecular formula is C16H15Cl2NO2S. The summed E-state index contributed by atoms with van der Waals surface area (Å²) < 4.78 is 11.3. The summed E-state index contributed by atoms with van der Waals surface area (Å²) in [5.41, 5.74) is 1.38. The first kappa shape index (κ1) is 17.0. The van der Waals surface area contributed by atoms with Crippen molar-refractivity contribution in [3.05, 3.63) is 63.6 Å². The zero-order valence-electron chi connectivity index (χ0n) is 12.1. The molecule has 1 amide bonds. The molecule has 3 nitrogen and oxygen atoms in total. The van der Waals surface area contributed by atoms with Gasteiger partial charge in [0.1, 0.15) is 0 Å². The van der Waals surface area contributed by atoms with Crippen molar-refractivity contribution in [2.75, 3.05) is 6.26 Å². The number of hydrogen-bond donors (Lipinski definition) is 1. The van der Waals surface area contributed by atoms with Gasteiger partial charge in [-0.05, 0) is 48.9 Å². The molecule has 0 bridgehead atoms. The van der Waals surface area contributed by atoms with Crippen LogP contribution in [0.25, 0.3) is 0 Å². The van der Waals surface area contributed by atoms with Crippen LogP contribution in [0.15, 0.2) is 47.4 Å². The maximum atomic E-state index is 12.2. The highest BCUT2D eigenvalue weighted by molar-refractivity contribution is 7.84. The van der Waals surface area contributed by atoms with Crippen LogP contribution in [0, 0.1) is 0 Å². The Morgan fingerprint density at radius 3 is 2.27 bits per heavy atom. The Morgan fingerprint density at radius 1 is 1.09 bits per heavy atom. The quantitative estimate of drug-likeness (QED) is 0.892. The molecule has 0 heterocycles. The molecule has 0 aliphatic heterocycles. The van der Waals surface area contributed by atoms with Gasteiger partial charge in [0.25, 0.3) is 5.91 Å². The largest absolute Gasteiger partial charge is 0.346 e.